The number of carbonyl (C=O) groups is 3. The summed E-state index contributed by atoms with van der Waals surface area (Å²) in [7, 11) is 1.40. The molecule has 3 amide bonds. The van der Waals surface area contributed by atoms with Crippen LogP contribution in [-0.4, -0.2) is 40.5 Å². The van der Waals surface area contributed by atoms with E-state index in [-0.39, 0.29) is 18.8 Å². The second-order valence-electron chi connectivity index (χ2n) is 5.07. The number of fused-ring (bicyclic) bond motifs is 1. The van der Waals surface area contributed by atoms with Gasteiger partial charge in [-0.25, -0.2) is 0 Å². The summed E-state index contributed by atoms with van der Waals surface area (Å²) in [4.78, 5) is 34.7. The van der Waals surface area contributed by atoms with Crippen molar-refractivity contribution in [2.75, 3.05) is 7.05 Å². The maximum absolute atomic E-state index is 12.1. The summed E-state index contributed by atoms with van der Waals surface area (Å²) in [5.74, 6) is -1.77. The first-order chi connectivity index (χ1) is 10.9. The number of hydrogen-bond donors (Lipinski definition) is 4. The summed E-state index contributed by atoms with van der Waals surface area (Å²) < 4.78 is 1.37. The third-order valence-electron chi connectivity index (χ3n) is 3.39. The molecule has 5 N–H and O–H groups in total. The van der Waals surface area contributed by atoms with Gasteiger partial charge < -0.3 is 26.0 Å². The lowest BCUT2D eigenvalue weighted by Crippen LogP contribution is -2.48. The van der Waals surface area contributed by atoms with Crippen LogP contribution in [0.5, 0.6) is 5.88 Å². The number of hydrogen-bond acceptors (Lipinski definition) is 4. The van der Waals surface area contributed by atoms with E-state index in [2.05, 4.69) is 10.6 Å². The van der Waals surface area contributed by atoms with Crippen LogP contribution >= 0.6 is 0 Å². The highest BCUT2D eigenvalue weighted by molar-refractivity contribution is 5.92. The smallest absolute Gasteiger partial charge is 0.242 e. The minimum absolute atomic E-state index is 0.0397. The Morgan fingerprint density at radius 1 is 1.30 bits per heavy atom. The molecule has 0 radical (unpaired) electrons. The van der Waals surface area contributed by atoms with Crippen LogP contribution in [0.2, 0.25) is 0 Å². The van der Waals surface area contributed by atoms with E-state index in [0.717, 1.165) is 5.39 Å². The minimum atomic E-state index is -1.04. The molecule has 1 atom stereocenters. The van der Waals surface area contributed by atoms with Gasteiger partial charge in [0.05, 0.1) is 6.42 Å². The molecule has 1 aromatic heterocycles. The van der Waals surface area contributed by atoms with Gasteiger partial charge in [0.25, 0.3) is 0 Å². The molecule has 0 fully saturated rings. The Bertz CT molecular complexity index is 753. The number of amides is 3. The molecule has 8 nitrogen and oxygen atoms in total. The van der Waals surface area contributed by atoms with Crippen LogP contribution in [0.4, 0.5) is 0 Å². The molecular formula is C15H18N4O4. The molecule has 2 rings (SSSR count). The molecular weight excluding hydrogens is 300 g/mol. The fourth-order valence-corrected chi connectivity index (χ4v) is 2.30. The summed E-state index contributed by atoms with van der Waals surface area (Å²) in [5, 5.41) is 16.3. The number of aromatic nitrogens is 1. The molecule has 0 saturated heterocycles. The van der Waals surface area contributed by atoms with E-state index in [1.54, 1.807) is 18.3 Å². The summed E-state index contributed by atoms with van der Waals surface area (Å²) in [6, 6.07) is 6.10. The van der Waals surface area contributed by atoms with Crippen LogP contribution in [0, 0.1) is 0 Å². The van der Waals surface area contributed by atoms with Crippen molar-refractivity contribution in [3.63, 3.8) is 0 Å². The van der Waals surface area contributed by atoms with E-state index in [1.807, 2.05) is 12.1 Å². The SMILES string of the molecule is CNC(=O)[C@H](CC(N)=O)NC(=O)Cn1cc2ccccc2c1O. The number of nitrogens with two attached hydrogens (primary N) is 1. The van der Waals surface area contributed by atoms with E-state index in [4.69, 9.17) is 5.73 Å². The number of carbonyl (C=O) groups excluding carboxylic acids is 3. The van der Waals surface area contributed by atoms with E-state index in [0.29, 0.717) is 5.39 Å². The van der Waals surface area contributed by atoms with Crippen LogP contribution in [0.3, 0.4) is 0 Å². The van der Waals surface area contributed by atoms with Crippen LogP contribution in [0.25, 0.3) is 10.8 Å². The van der Waals surface area contributed by atoms with Crippen molar-refractivity contribution in [1.29, 1.82) is 0 Å². The van der Waals surface area contributed by atoms with Gasteiger partial charge >= 0.3 is 0 Å². The predicted molar refractivity (Wildman–Crippen MR) is 83.4 cm³/mol. The third-order valence-corrected chi connectivity index (χ3v) is 3.39. The zero-order valence-corrected chi connectivity index (χ0v) is 12.6. The first kappa shape index (κ1) is 16.3. The normalized spacial score (nSPS) is 11.9. The largest absolute Gasteiger partial charge is 0.494 e. The Morgan fingerprint density at radius 2 is 2.00 bits per heavy atom. The molecule has 2 aromatic rings. The van der Waals surface area contributed by atoms with Crippen molar-refractivity contribution < 1.29 is 19.5 Å². The average molecular weight is 318 g/mol. The number of rotatable bonds is 6. The molecule has 0 aliphatic heterocycles. The maximum Gasteiger partial charge on any atom is 0.242 e. The average Bonchev–Trinajstić information content (AvgIpc) is 2.82. The number of aromatic hydroxyl groups is 1. The number of benzene rings is 1. The Balaban J connectivity index is 2.11. The van der Waals surface area contributed by atoms with Gasteiger partial charge in [0, 0.05) is 24.0 Å². The molecule has 23 heavy (non-hydrogen) atoms. The van der Waals surface area contributed by atoms with Gasteiger partial charge in [0.15, 0.2) is 5.88 Å². The lowest BCUT2D eigenvalue weighted by Gasteiger charge is -2.16. The summed E-state index contributed by atoms with van der Waals surface area (Å²) >= 11 is 0. The molecule has 122 valence electrons. The van der Waals surface area contributed by atoms with Gasteiger partial charge in [0.1, 0.15) is 12.6 Å². The number of likely N-dealkylation sites (N-methyl/N-ethyl adjacent to an activating group) is 1. The topological polar surface area (TPSA) is 126 Å². The minimum Gasteiger partial charge on any atom is -0.494 e. The molecule has 0 saturated carbocycles. The van der Waals surface area contributed by atoms with Crippen molar-refractivity contribution in [3.05, 3.63) is 30.5 Å². The fourth-order valence-electron chi connectivity index (χ4n) is 2.30. The van der Waals surface area contributed by atoms with Gasteiger partial charge in [-0.2, -0.15) is 0 Å². The molecule has 1 heterocycles. The molecule has 0 bridgehead atoms. The van der Waals surface area contributed by atoms with Crippen molar-refractivity contribution in [2.24, 2.45) is 5.73 Å². The molecule has 8 heteroatoms. The standard InChI is InChI=1S/C15H18N4O4/c1-17-14(22)11(6-12(16)20)18-13(21)8-19-7-9-4-2-3-5-10(9)15(19)23/h2-5,7,11,23H,6,8H2,1H3,(H2,16,20)(H,17,22)(H,18,21)/t11-/m0/s1. The van der Waals surface area contributed by atoms with Gasteiger partial charge in [-0.1, -0.05) is 18.2 Å². The summed E-state index contributed by atoms with van der Waals surface area (Å²) in [6.07, 6.45) is 1.33. The van der Waals surface area contributed by atoms with Crippen LogP contribution in [0.1, 0.15) is 6.42 Å². The second kappa shape index (κ2) is 6.82. The molecule has 1 aromatic carbocycles. The first-order valence-electron chi connectivity index (χ1n) is 6.98. The monoisotopic (exact) mass is 318 g/mol. The van der Waals surface area contributed by atoms with E-state index < -0.39 is 23.8 Å². The Labute approximate surface area is 132 Å². The predicted octanol–water partition coefficient (Wildman–Crippen LogP) is -0.547. The van der Waals surface area contributed by atoms with Gasteiger partial charge in [-0.05, 0) is 6.07 Å². The Hall–Kier alpha value is -3.03. The van der Waals surface area contributed by atoms with Gasteiger partial charge in [0.2, 0.25) is 17.7 Å². The molecule has 0 unspecified atom stereocenters. The highest BCUT2D eigenvalue weighted by Gasteiger charge is 2.22. The molecule has 0 spiro atoms. The van der Waals surface area contributed by atoms with E-state index >= 15 is 0 Å². The molecule has 0 aliphatic carbocycles. The highest BCUT2D eigenvalue weighted by Crippen LogP contribution is 2.26. The van der Waals surface area contributed by atoms with Crippen molar-refractivity contribution in [3.8, 4) is 5.88 Å². The quantitative estimate of drug-likeness (QED) is 0.570. The second-order valence-corrected chi connectivity index (χ2v) is 5.07. The number of primary amides is 1. The first-order valence-corrected chi connectivity index (χ1v) is 6.98. The van der Waals surface area contributed by atoms with Crippen molar-refractivity contribution >= 4 is 28.5 Å². The van der Waals surface area contributed by atoms with Crippen LogP contribution in [-0.2, 0) is 20.9 Å². The highest BCUT2D eigenvalue weighted by atomic mass is 16.3. The summed E-state index contributed by atoms with van der Waals surface area (Å²) in [6.45, 7) is -0.188. The number of nitrogens with one attached hydrogen (secondary N) is 2. The zero-order chi connectivity index (χ0) is 17.0. The van der Waals surface area contributed by atoms with E-state index in [9.17, 15) is 19.5 Å². The van der Waals surface area contributed by atoms with Gasteiger partial charge in [-0.3, -0.25) is 14.4 Å². The Kier molecular flexibility index (Phi) is 4.85. The van der Waals surface area contributed by atoms with Gasteiger partial charge in [-0.15, -0.1) is 0 Å². The van der Waals surface area contributed by atoms with E-state index in [1.165, 1.54) is 11.6 Å². The van der Waals surface area contributed by atoms with Crippen LogP contribution < -0.4 is 16.4 Å². The van der Waals surface area contributed by atoms with Crippen LogP contribution in [0.15, 0.2) is 30.5 Å². The summed E-state index contributed by atoms with van der Waals surface area (Å²) in [5.41, 5.74) is 5.07. The van der Waals surface area contributed by atoms with Crippen molar-refractivity contribution in [1.82, 2.24) is 15.2 Å². The third kappa shape index (κ3) is 3.79. The lowest BCUT2D eigenvalue weighted by atomic mass is 10.2. The molecule has 0 aliphatic rings. The fraction of sp³-hybridized carbons (Fsp3) is 0.267. The Morgan fingerprint density at radius 3 is 2.61 bits per heavy atom. The maximum atomic E-state index is 12.1. The lowest BCUT2D eigenvalue weighted by molar-refractivity contribution is -0.131. The number of nitrogens with zero attached hydrogens (tertiary/aromatic N) is 1. The zero-order valence-electron chi connectivity index (χ0n) is 12.6. The van der Waals surface area contributed by atoms with Crippen molar-refractivity contribution in [2.45, 2.75) is 19.0 Å².